The molecule has 0 saturated heterocycles. The van der Waals surface area contributed by atoms with Gasteiger partial charge in [-0.3, -0.25) is 10.1 Å². The van der Waals surface area contributed by atoms with E-state index in [0.29, 0.717) is 6.54 Å². The summed E-state index contributed by atoms with van der Waals surface area (Å²) in [4.78, 5) is 6.96. The average Bonchev–Trinajstić information content (AvgIpc) is 3.12. The smallest absolute Gasteiger partial charge is 0.121 e. The molecule has 126 valence electrons. The molecule has 25 heavy (non-hydrogen) atoms. The zero-order chi connectivity index (χ0) is 16.9. The van der Waals surface area contributed by atoms with E-state index in [2.05, 4.69) is 43.6 Å². The molecule has 6 heteroatoms. The van der Waals surface area contributed by atoms with Gasteiger partial charge >= 0.3 is 0 Å². The number of halogens is 1. The van der Waals surface area contributed by atoms with Gasteiger partial charge in [-0.1, -0.05) is 17.7 Å². The Morgan fingerprint density at radius 3 is 2.92 bits per heavy atom. The lowest BCUT2D eigenvalue weighted by atomic mass is 10.0. The van der Waals surface area contributed by atoms with Crippen LogP contribution in [0.2, 0.25) is 5.02 Å². The Morgan fingerprint density at radius 1 is 1.20 bits per heavy atom. The molecule has 1 spiro atoms. The Bertz CT molecular complexity index is 917. The van der Waals surface area contributed by atoms with E-state index in [4.69, 9.17) is 11.6 Å². The Balaban J connectivity index is 1.42. The second kappa shape index (κ2) is 5.49. The normalized spacial score (nSPS) is 16.9. The molecule has 3 heterocycles. The van der Waals surface area contributed by atoms with Crippen molar-refractivity contribution in [2.75, 3.05) is 10.2 Å². The minimum Gasteiger partial charge on any atom is -0.366 e. The van der Waals surface area contributed by atoms with E-state index >= 15 is 0 Å². The summed E-state index contributed by atoms with van der Waals surface area (Å²) >= 11 is 6.24. The van der Waals surface area contributed by atoms with Crippen molar-refractivity contribution < 1.29 is 0 Å². The van der Waals surface area contributed by atoms with Crippen LogP contribution in [0.5, 0.6) is 0 Å². The summed E-state index contributed by atoms with van der Waals surface area (Å²) < 4.78 is 0. The number of fused-ring (bicyclic) bond motifs is 2. The highest BCUT2D eigenvalue weighted by molar-refractivity contribution is 6.30. The van der Waals surface area contributed by atoms with Crippen LogP contribution in [-0.2, 0) is 18.6 Å². The van der Waals surface area contributed by atoms with Crippen LogP contribution in [0.25, 0.3) is 0 Å². The SMILES string of the molecule is Clc1ccc2c(c1)C1(CC1)N(c1cncc(CNc3ccn[nH]3)c1)C2. The summed E-state index contributed by atoms with van der Waals surface area (Å²) in [5, 5.41) is 11.0. The lowest BCUT2D eigenvalue weighted by Crippen LogP contribution is -2.28. The van der Waals surface area contributed by atoms with E-state index in [1.165, 1.54) is 29.7 Å². The van der Waals surface area contributed by atoms with Gasteiger partial charge in [-0.15, -0.1) is 0 Å². The maximum Gasteiger partial charge on any atom is 0.121 e. The van der Waals surface area contributed by atoms with Gasteiger partial charge in [-0.2, -0.15) is 5.10 Å². The summed E-state index contributed by atoms with van der Waals surface area (Å²) in [5.41, 5.74) is 5.21. The maximum absolute atomic E-state index is 6.24. The number of anilines is 2. The first-order valence-corrected chi connectivity index (χ1v) is 8.86. The van der Waals surface area contributed by atoms with Gasteiger partial charge in [0.25, 0.3) is 0 Å². The van der Waals surface area contributed by atoms with Crippen molar-refractivity contribution in [3.05, 3.63) is 70.6 Å². The molecule has 5 nitrogen and oxygen atoms in total. The highest BCUT2D eigenvalue weighted by Gasteiger charge is 2.54. The van der Waals surface area contributed by atoms with Gasteiger partial charge in [0, 0.05) is 24.3 Å². The first kappa shape index (κ1) is 14.8. The molecule has 5 rings (SSSR count). The van der Waals surface area contributed by atoms with Crippen molar-refractivity contribution in [2.24, 2.45) is 0 Å². The minimum absolute atomic E-state index is 0.122. The predicted octanol–water partition coefficient (Wildman–Crippen LogP) is 4.08. The largest absolute Gasteiger partial charge is 0.366 e. The zero-order valence-corrected chi connectivity index (χ0v) is 14.4. The molecule has 2 aliphatic rings. The monoisotopic (exact) mass is 351 g/mol. The number of nitrogens with one attached hydrogen (secondary N) is 2. The van der Waals surface area contributed by atoms with E-state index in [1.54, 1.807) is 6.20 Å². The van der Waals surface area contributed by atoms with Crippen LogP contribution in [-0.4, -0.2) is 15.2 Å². The standard InChI is InChI=1S/C19H18ClN5/c20-15-2-1-14-12-25(19(4-5-19)17(14)8-15)16-7-13(9-21-11-16)10-22-18-3-6-23-24-18/h1-3,6-9,11H,4-5,10,12H2,(H2,22,23,24). The van der Waals surface area contributed by atoms with Gasteiger partial charge in [-0.25, -0.2) is 0 Å². The Hall–Kier alpha value is -2.53. The fourth-order valence-electron chi connectivity index (χ4n) is 3.85. The number of hydrogen-bond donors (Lipinski definition) is 2. The minimum atomic E-state index is 0.122. The maximum atomic E-state index is 6.24. The molecule has 1 aliphatic heterocycles. The molecule has 1 fully saturated rings. The second-order valence-corrected chi connectivity index (χ2v) is 7.23. The predicted molar refractivity (Wildman–Crippen MR) is 98.7 cm³/mol. The van der Waals surface area contributed by atoms with Crippen molar-refractivity contribution in [1.29, 1.82) is 0 Å². The van der Waals surface area contributed by atoms with Crippen LogP contribution in [0.3, 0.4) is 0 Å². The first-order chi connectivity index (χ1) is 12.2. The number of aromatic amines is 1. The fourth-order valence-corrected chi connectivity index (χ4v) is 4.02. The molecular formula is C19H18ClN5. The summed E-state index contributed by atoms with van der Waals surface area (Å²) in [6, 6.07) is 10.4. The zero-order valence-electron chi connectivity index (χ0n) is 13.7. The average molecular weight is 352 g/mol. The molecule has 1 aliphatic carbocycles. The van der Waals surface area contributed by atoms with Gasteiger partial charge in [0.1, 0.15) is 5.82 Å². The summed E-state index contributed by atoms with van der Waals surface area (Å²) in [5.74, 6) is 0.910. The van der Waals surface area contributed by atoms with Gasteiger partial charge in [-0.05, 0) is 53.8 Å². The third-order valence-corrected chi connectivity index (χ3v) is 5.45. The van der Waals surface area contributed by atoms with Crippen molar-refractivity contribution in [1.82, 2.24) is 15.2 Å². The van der Waals surface area contributed by atoms with Crippen LogP contribution in [0.15, 0.2) is 48.9 Å². The molecular weight excluding hydrogens is 334 g/mol. The van der Waals surface area contributed by atoms with Crippen molar-refractivity contribution >= 4 is 23.1 Å². The van der Waals surface area contributed by atoms with Crippen LogP contribution < -0.4 is 10.2 Å². The summed E-state index contributed by atoms with van der Waals surface area (Å²) in [6.07, 6.45) is 7.97. The quantitative estimate of drug-likeness (QED) is 0.743. The van der Waals surface area contributed by atoms with Crippen LogP contribution in [0, 0.1) is 0 Å². The van der Waals surface area contributed by atoms with Crippen molar-refractivity contribution in [3.63, 3.8) is 0 Å². The highest BCUT2D eigenvalue weighted by atomic mass is 35.5. The Kier molecular flexibility index (Phi) is 3.25. The number of hydrogen-bond acceptors (Lipinski definition) is 4. The van der Waals surface area contributed by atoms with Crippen molar-refractivity contribution in [2.45, 2.75) is 31.5 Å². The molecule has 0 atom stereocenters. The second-order valence-electron chi connectivity index (χ2n) is 6.79. The lowest BCUT2D eigenvalue weighted by Gasteiger charge is -2.27. The van der Waals surface area contributed by atoms with E-state index in [0.717, 1.165) is 22.9 Å². The number of nitrogens with zero attached hydrogens (tertiary/aromatic N) is 3. The number of rotatable bonds is 4. The lowest BCUT2D eigenvalue weighted by molar-refractivity contribution is 0.668. The summed E-state index contributed by atoms with van der Waals surface area (Å²) in [6.45, 7) is 1.63. The number of pyridine rings is 1. The number of H-pyrrole nitrogens is 1. The fraction of sp³-hybridized carbons (Fsp3) is 0.263. The van der Waals surface area contributed by atoms with Gasteiger partial charge < -0.3 is 10.2 Å². The van der Waals surface area contributed by atoms with E-state index in [9.17, 15) is 0 Å². The van der Waals surface area contributed by atoms with E-state index in [-0.39, 0.29) is 5.54 Å². The molecule has 2 aromatic heterocycles. The van der Waals surface area contributed by atoms with Gasteiger partial charge in [0.05, 0.1) is 23.6 Å². The Labute approximate surface area is 151 Å². The highest BCUT2D eigenvalue weighted by Crippen LogP contribution is 2.58. The topological polar surface area (TPSA) is 56.8 Å². The van der Waals surface area contributed by atoms with Gasteiger partial charge in [0.2, 0.25) is 0 Å². The van der Waals surface area contributed by atoms with Crippen LogP contribution in [0.1, 0.15) is 29.5 Å². The van der Waals surface area contributed by atoms with E-state index < -0.39 is 0 Å². The molecule has 2 N–H and O–H groups in total. The molecule has 0 unspecified atom stereocenters. The third kappa shape index (κ3) is 2.46. The number of benzene rings is 1. The molecule has 0 bridgehead atoms. The van der Waals surface area contributed by atoms with Gasteiger partial charge in [0.15, 0.2) is 0 Å². The molecule has 0 radical (unpaired) electrons. The molecule has 3 aromatic rings. The third-order valence-electron chi connectivity index (χ3n) is 5.22. The Morgan fingerprint density at radius 2 is 2.12 bits per heavy atom. The molecule has 0 amide bonds. The first-order valence-electron chi connectivity index (χ1n) is 8.48. The summed E-state index contributed by atoms with van der Waals surface area (Å²) in [7, 11) is 0. The van der Waals surface area contributed by atoms with Crippen molar-refractivity contribution in [3.8, 4) is 0 Å². The van der Waals surface area contributed by atoms with Crippen LogP contribution in [0.4, 0.5) is 11.5 Å². The van der Waals surface area contributed by atoms with E-state index in [1.807, 2.05) is 24.5 Å². The number of aromatic nitrogens is 3. The molecule has 1 saturated carbocycles. The van der Waals surface area contributed by atoms with Crippen LogP contribution >= 0.6 is 11.6 Å². The molecule has 1 aromatic carbocycles.